The zero-order chi connectivity index (χ0) is 13.5. The van der Waals surface area contributed by atoms with Crippen LogP contribution >= 0.6 is 0 Å². The molecular formula is C12H17N3O3. The predicted molar refractivity (Wildman–Crippen MR) is 66.9 cm³/mol. The van der Waals surface area contributed by atoms with Crippen LogP contribution < -0.4 is 5.32 Å². The summed E-state index contributed by atoms with van der Waals surface area (Å²) in [6, 6.07) is -0.675. The maximum atomic E-state index is 10.8. The zero-order valence-corrected chi connectivity index (χ0v) is 10.5. The molecule has 0 fully saturated rings. The van der Waals surface area contributed by atoms with Gasteiger partial charge in [0.15, 0.2) is 0 Å². The van der Waals surface area contributed by atoms with Gasteiger partial charge < -0.3 is 10.4 Å². The smallest absolute Gasteiger partial charge is 0.328 e. The summed E-state index contributed by atoms with van der Waals surface area (Å²) in [6.45, 7) is 3.63. The highest BCUT2D eigenvalue weighted by molar-refractivity contribution is 5.72. The lowest BCUT2D eigenvalue weighted by Gasteiger charge is -2.04. The van der Waals surface area contributed by atoms with E-state index in [1.54, 1.807) is 19.3 Å². The first-order valence-electron chi connectivity index (χ1n) is 5.68. The van der Waals surface area contributed by atoms with Gasteiger partial charge in [0.05, 0.1) is 6.20 Å². The standard InChI is InChI=1S/C12H17N3O3/c1-9(12(17)18)15-8-11(7-14-15)5-3-4-6-13-10(2)16/h3,5,7-9H,4,6H2,1-2H3,(H,13,16)(H,17,18)/t9-/m0/s1. The van der Waals surface area contributed by atoms with Gasteiger partial charge in [0.2, 0.25) is 5.91 Å². The third-order valence-electron chi connectivity index (χ3n) is 2.37. The molecular weight excluding hydrogens is 234 g/mol. The summed E-state index contributed by atoms with van der Waals surface area (Å²) in [7, 11) is 0. The van der Waals surface area contributed by atoms with Gasteiger partial charge in [-0.15, -0.1) is 0 Å². The second-order valence-corrected chi connectivity index (χ2v) is 3.94. The molecule has 1 amide bonds. The number of aliphatic carboxylic acids is 1. The van der Waals surface area contributed by atoms with Crippen molar-refractivity contribution in [1.29, 1.82) is 0 Å². The highest BCUT2D eigenvalue weighted by Crippen LogP contribution is 2.08. The Morgan fingerprint density at radius 3 is 2.94 bits per heavy atom. The van der Waals surface area contributed by atoms with Crippen molar-refractivity contribution in [2.24, 2.45) is 0 Å². The topological polar surface area (TPSA) is 84.2 Å². The van der Waals surface area contributed by atoms with Crippen molar-refractivity contribution in [1.82, 2.24) is 15.1 Å². The molecule has 1 heterocycles. The number of carboxylic acid groups (broad SMARTS) is 1. The third kappa shape index (κ3) is 4.40. The molecule has 0 saturated heterocycles. The van der Waals surface area contributed by atoms with E-state index in [-0.39, 0.29) is 5.91 Å². The first-order valence-corrected chi connectivity index (χ1v) is 5.68. The van der Waals surface area contributed by atoms with Crippen molar-refractivity contribution < 1.29 is 14.7 Å². The van der Waals surface area contributed by atoms with Gasteiger partial charge in [-0.2, -0.15) is 5.10 Å². The number of hydrogen-bond donors (Lipinski definition) is 2. The van der Waals surface area contributed by atoms with E-state index < -0.39 is 12.0 Å². The molecule has 18 heavy (non-hydrogen) atoms. The van der Waals surface area contributed by atoms with Crippen LogP contribution in [0.5, 0.6) is 0 Å². The Hall–Kier alpha value is -2.11. The molecule has 0 aliphatic rings. The van der Waals surface area contributed by atoms with Gasteiger partial charge in [-0.05, 0) is 13.3 Å². The number of aromatic nitrogens is 2. The molecule has 0 spiro atoms. The molecule has 1 rings (SSSR count). The Labute approximate surface area is 105 Å². The maximum absolute atomic E-state index is 10.8. The number of carbonyl (C=O) groups is 2. The van der Waals surface area contributed by atoms with Crippen LogP contribution in [0.4, 0.5) is 0 Å². The molecule has 0 radical (unpaired) electrons. The number of carbonyl (C=O) groups excluding carboxylic acids is 1. The molecule has 1 atom stereocenters. The van der Waals surface area contributed by atoms with E-state index in [1.807, 2.05) is 12.2 Å². The lowest BCUT2D eigenvalue weighted by molar-refractivity contribution is -0.140. The summed E-state index contributed by atoms with van der Waals surface area (Å²) in [5.41, 5.74) is 0.839. The van der Waals surface area contributed by atoms with Gasteiger partial charge in [0.25, 0.3) is 0 Å². The van der Waals surface area contributed by atoms with E-state index in [0.29, 0.717) is 6.54 Å². The molecule has 0 aliphatic carbocycles. The number of carboxylic acids is 1. The molecule has 1 aromatic heterocycles. The van der Waals surface area contributed by atoms with Crippen molar-refractivity contribution in [3.63, 3.8) is 0 Å². The lowest BCUT2D eigenvalue weighted by Crippen LogP contribution is -2.20. The Morgan fingerprint density at radius 1 is 1.61 bits per heavy atom. The van der Waals surface area contributed by atoms with Crippen LogP contribution in [0.15, 0.2) is 18.5 Å². The summed E-state index contributed by atoms with van der Waals surface area (Å²) in [6.07, 6.45) is 7.75. The minimum Gasteiger partial charge on any atom is -0.480 e. The first-order chi connectivity index (χ1) is 8.50. The van der Waals surface area contributed by atoms with Crippen LogP contribution in [0, 0.1) is 0 Å². The van der Waals surface area contributed by atoms with Gasteiger partial charge >= 0.3 is 5.97 Å². The van der Waals surface area contributed by atoms with Crippen LogP contribution in [0.2, 0.25) is 0 Å². The molecule has 0 aromatic carbocycles. The number of amides is 1. The summed E-state index contributed by atoms with van der Waals surface area (Å²) < 4.78 is 1.40. The Kier molecular flexibility index (Phi) is 5.10. The van der Waals surface area contributed by atoms with Crippen molar-refractivity contribution >= 4 is 18.0 Å². The number of hydrogen-bond acceptors (Lipinski definition) is 3. The van der Waals surface area contributed by atoms with Gasteiger partial charge in [-0.3, -0.25) is 9.48 Å². The average molecular weight is 251 g/mol. The Balaban J connectivity index is 2.46. The molecule has 6 heteroatoms. The Morgan fingerprint density at radius 2 is 2.33 bits per heavy atom. The maximum Gasteiger partial charge on any atom is 0.328 e. The van der Waals surface area contributed by atoms with Gasteiger partial charge in [0, 0.05) is 25.2 Å². The van der Waals surface area contributed by atoms with E-state index in [9.17, 15) is 9.59 Å². The lowest BCUT2D eigenvalue weighted by atomic mass is 10.3. The van der Waals surface area contributed by atoms with Crippen molar-refractivity contribution in [2.45, 2.75) is 26.3 Å². The average Bonchev–Trinajstić information content (AvgIpc) is 2.75. The summed E-state index contributed by atoms with van der Waals surface area (Å²) in [5, 5.41) is 15.5. The highest BCUT2D eigenvalue weighted by atomic mass is 16.4. The molecule has 98 valence electrons. The second-order valence-electron chi connectivity index (χ2n) is 3.94. The number of nitrogens with zero attached hydrogens (tertiary/aromatic N) is 2. The zero-order valence-electron chi connectivity index (χ0n) is 10.5. The second kappa shape index (κ2) is 6.58. The van der Waals surface area contributed by atoms with Crippen molar-refractivity contribution in [3.05, 3.63) is 24.0 Å². The molecule has 0 aliphatic heterocycles. The van der Waals surface area contributed by atoms with Gasteiger partial charge in [-0.1, -0.05) is 12.2 Å². The Bertz CT molecular complexity index is 451. The first kappa shape index (κ1) is 14.0. The van der Waals surface area contributed by atoms with E-state index in [1.165, 1.54) is 11.6 Å². The van der Waals surface area contributed by atoms with Crippen molar-refractivity contribution in [3.8, 4) is 0 Å². The van der Waals surface area contributed by atoms with Gasteiger partial charge in [-0.25, -0.2) is 4.79 Å². The monoisotopic (exact) mass is 251 g/mol. The molecule has 0 saturated carbocycles. The SMILES string of the molecule is CC(=O)NCCC=Cc1cnn([C@@H](C)C(=O)O)c1. The molecule has 2 N–H and O–H groups in total. The fourth-order valence-corrected chi connectivity index (χ4v) is 1.31. The van der Waals surface area contributed by atoms with Crippen LogP contribution in [0.25, 0.3) is 6.08 Å². The van der Waals surface area contributed by atoms with E-state index >= 15 is 0 Å². The van der Waals surface area contributed by atoms with Gasteiger partial charge in [0.1, 0.15) is 6.04 Å². The van der Waals surface area contributed by atoms with E-state index in [2.05, 4.69) is 10.4 Å². The minimum absolute atomic E-state index is 0.0495. The summed E-state index contributed by atoms with van der Waals surface area (Å²) in [4.78, 5) is 21.4. The normalized spacial score (nSPS) is 12.6. The number of nitrogens with one attached hydrogen (secondary N) is 1. The van der Waals surface area contributed by atoms with Crippen LogP contribution in [0.1, 0.15) is 31.9 Å². The summed E-state index contributed by atoms with van der Waals surface area (Å²) >= 11 is 0. The van der Waals surface area contributed by atoms with Crippen molar-refractivity contribution in [2.75, 3.05) is 6.54 Å². The third-order valence-corrected chi connectivity index (χ3v) is 2.37. The largest absolute Gasteiger partial charge is 0.480 e. The fraction of sp³-hybridized carbons (Fsp3) is 0.417. The molecule has 6 nitrogen and oxygen atoms in total. The van der Waals surface area contributed by atoms with Crippen LogP contribution in [0.3, 0.4) is 0 Å². The molecule has 1 aromatic rings. The van der Waals surface area contributed by atoms with E-state index in [0.717, 1.165) is 12.0 Å². The fourth-order valence-electron chi connectivity index (χ4n) is 1.31. The van der Waals surface area contributed by atoms with Crippen LogP contribution in [-0.2, 0) is 9.59 Å². The predicted octanol–water partition coefficient (Wildman–Crippen LogP) is 1.07. The van der Waals surface area contributed by atoms with Crippen LogP contribution in [-0.4, -0.2) is 33.3 Å². The highest BCUT2D eigenvalue weighted by Gasteiger charge is 2.13. The number of rotatable bonds is 6. The quantitative estimate of drug-likeness (QED) is 0.741. The summed E-state index contributed by atoms with van der Waals surface area (Å²) in [5.74, 6) is -0.967. The minimum atomic E-state index is -0.917. The van der Waals surface area contributed by atoms with E-state index in [4.69, 9.17) is 5.11 Å². The molecule has 0 bridgehead atoms. The molecule has 0 unspecified atom stereocenters.